The minimum absolute atomic E-state index is 0.413. The van der Waals surface area contributed by atoms with Crippen LogP contribution in [0.25, 0.3) is 0 Å². The quantitative estimate of drug-likeness (QED) is 0.795. The zero-order chi connectivity index (χ0) is 12.8. The number of hydrogen-bond acceptors (Lipinski definition) is 2. The summed E-state index contributed by atoms with van der Waals surface area (Å²) in [4.78, 5) is 0. The minimum atomic E-state index is 0.413. The maximum atomic E-state index is 5.95. The summed E-state index contributed by atoms with van der Waals surface area (Å²) in [5.74, 6) is 1.02. The molecule has 1 aromatic carbocycles. The Kier molecular flexibility index (Phi) is 5.06. The van der Waals surface area contributed by atoms with Gasteiger partial charge in [-0.1, -0.05) is 32.4 Å². The van der Waals surface area contributed by atoms with Gasteiger partial charge in [0.15, 0.2) is 0 Å². The zero-order valence-electron chi connectivity index (χ0n) is 11.6. The van der Waals surface area contributed by atoms with E-state index in [1.54, 1.807) is 0 Å². The molecule has 100 valence electrons. The topological polar surface area (TPSA) is 21.3 Å². The Morgan fingerprint density at radius 2 is 1.89 bits per heavy atom. The third-order valence-corrected chi connectivity index (χ3v) is 3.63. The van der Waals surface area contributed by atoms with Crippen LogP contribution in [0.3, 0.4) is 0 Å². The molecule has 1 N–H and O–H groups in total. The first-order valence-electron chi connectivity index (χ1n) is 7.30. The summed E-state index contributed by atoms with van der Waals surface area (Å²) in [6.07, 6.45) is 6.41. The van der Waals surface area contributed by atoms with Gasteiger partial charge in [0.25, 0.3) is 0 Å². The molecule has 0 unspecified atom stereocenters. The van der Waals surface area contributed by atoms with Crippen molar-refractivity contribution >= 4 is 0 Å². The van der Waals surface area contributed by atoms with Gasteiger partial charge in [0.1, 0.15) is 11.9 Å². The lowest BCUT2D eigenvalue weighted by Gasteiger charge is -2.35. The lowest BCUT2D eigenvalue weighted by atomic mass is 9.89. The molecule has 1 aliphatic carbocycles. The Hall–Kier alpha value is -1.02. The molecule has 2 heteroatoms. The molecule has 1 fully saturated rings. The summed E-state index contributed by atoms with van der Waals surface area (Å²) in [5, 5.41) is 3.45. The molecule has 2 rings (SSSR count). The van der Waals surface area contributed by atoms with E-state index in [1.807, 2.05) is 0 Å². The van der Waals surface area contributed by atoms with Crippen molar-refractivity contribution in [3.8, 4) is 5.75 Å². The first kappa shape index (κ1) is 13.4. The number of ether oxygens (including phenoxy) is 1. The molecule has 1 saturated carbocycles. The van der Waals surface area contributed by atoms with Gasteiger partial charge in [-0.25, -0.2) is 0 Å². The highest BCUT2D eigenvalue weighted by Crippen LogP contribution is 2.26. The molecule has 0 spiro atoms. The zero-order valence-corrected chi connectivity index (χ0v) is 11.6. The summed E-state index contributed by atoms with van der Waals surface area (Å²) < 4.78 is 5.95. The average Bonchev–Trinajstić information content (AvgIpc) is 2.35. The maximum absolute atomic E-state index is 5.95. The highest BCUT2D eigenvalue weighted by atomic mass is 16.5. The van der Waals surface area contributed by atoms with Crippen LogP contribution >= 0.6 is 0 Å². The highest BCUT2D eigenvalue weighted by Gasteiger charge is 2.29. The molecule has 0 atom stereocenters. The molecule has 0 heterocycles. The fourth-order valence-corrected chi connectivity index (χ4v) is 2.43. The van der Waals surface area contributed by atoms with Gasteiger partial charge in [-0.2, -0.15) is 0 Å². The molecule has 0 bridgehead atoms. The van der Waals surface area contributed by atoms with E-state index in [-0.39, 0.29) is 0 Å². The third-order valence-electron chi connectivity index (χ3n) is 3.63. The monoisotopic (exact) mass is 247 g/mol. The molecule has 1 aromatic rings. The van der Waals surface area contributed by atoms with Gasteiger partial charge >= 0.3 is 0 Å². The van der Waals surface area contributed by atoms with Gasteiger partial charge in [0.05, 0.1) is 0 Å². The van der Waals surface area contributed by atoms with Crippen LogP contribution in [0.1, 0.15) is 45.1 Å². The van der Waals surface area contributed by atoms with E-state index in [9.17, 15) is 0 Å². The molecule has 0 saturated heterocycles. The van der Waals surface area contributed by atoms with Gasteiger partial charge in [-0.3, -0.25) is 0 Å². The van der Waals surface area contributed by atoms with Crippen LogP contribution < -0.4 is 10.1 Å². The van der Waals surface area contributed by atoms with Crippen molar-refractivity contribution in [1.29, 1.82) is 0 Å². The van der Waals surface area contributed by atoms with Crippen LogP contribution in [0.5, 0.6) is 5.75 Å². The predicted molar refractivity (Wildman–Crippen MR) is 76.2 cm³/mol. The van der Waals surface area contributed by atoms with Crippen LogP contribution in [0, 0.1) is 0 Å². The third kappa shape index (κ3) is 3.74. The first-order valence-corrected chi connectivity index (χ1v) is 7.30. The molecule has 1 aliphatic rings. The Morgan fingerprint density at radius 3 is 2.50 bits per heavy atom. The molecule has 0 aromatic heterocycles. The van der Waals surface area contributed by atoms with Crippen LogP contribution in [-0.4, -0.2) is 18.7 Å². The fraction of sp³-hybridized carbons (Fsp3) is 0.625. The summed E-state index contributed by atoms with van der Waals surface area (Å²) in [5.41, 5.74) is 1.42. The van der Waals surface area contributed by atoms with Crippen molar-refractivity contribution in [1.82, 2.24) is 5.32 Å². The lowest BCUT2D eigenvalue weighted by Crippen LogP contribution is -2.46. The van der Waals surface area contributed by atoms with Crippen molar-refractivity contribution in [2.75, 3.05) is 6.54 Å². The number of hydrogen-bond donors (Lipinski definition) is 1. The number of nitrogens with one attached hydrogen (secondary N) is 1. The van der Waals surface area contributed by atoms with E-state index < -0.39 is 0 Å². The van der Waals surface area contributed by atoms with Crippen LogP contribution in [0.4, 0.5) is 0 Å². The van der Waals surface area contributed by atoms with Gasteiger partial charge in [0.2, 0.25) is 0 Å². The maximum Gasteiger partial charge on any atom is 0.119 e. The van der Waals surface area contributed by atoms with E-state index in [2.05, 4.69) is 43.4 Å². The smallest absolute Gasteiger partial charge is 0.119 e. The second-order valence-electron chi connectivity index (χ2n) is 5.21. The van der Waals surface area contributed by atoms with Crippen molar-refractivity contribution in [2.24, 2.45) is 0 Å². The predicted octanol–water partition coefficient (Wildman–Crippen LogP) is 3.55. The summed E-state index contributed by atoms with van der Waals surface area (Å²) in [6.45, 7) is 5.45. The summed E-state index contributed by atoms with van der Waals surface area (Å²) in [7, 11) is 0. The number of benzene rings is 1. The lowest BCUT2D eigenvalue weighted by molar-refractivity contribution is 0.0859. The second kappa shape index (κ2) is 6.79. The Labute approximate surface area is 111 Å². The minimum Gasteiger partial charge on any atom is -0.490 e. The summed E-state index contributed by atoms with van der Waals surface area (Å²) >= 11 is 0. The number of rotatable bonds is 7. The van der Waals surface area contributed by atoms with Gasteiger partial charge in [0, 0.05) is 6.04 Å². The van der Waals surface area contributed by atoms with E-state index in [4.69, 9.17) is 4.74 Å². The van der Waals surface area contributed by atoms with E-state index in [1.165, 1.54) is 24.8 Å². The molecule has 0 aliphatic heterocycles. The summed E-state index contributed by atoms with van der Waals surface area (Å²) in [6, 6.07) is 9.30. The molecule has 18 heavy (non-hydrogen) atoms. The van der Waals surface area contributed by atoms with Crippen LogP contribution in [-0.2, 0) is 6.42 Å². The van der Waals surface area contributed by atoms with Crippen molar-refractivity contribution < 1.29 is 4.74 Å². The van der Waals surface area contributed by atoms with Crippen LogP contribution in [0.2, 0.25) is 0 Å². The van der Waals surface area contributed by atoms with Gasteiger partial charge in [-0.05, 0) is 49.9 Å². The Morgan fingerprint density at radius 1 is 1.17 bits per heavy atom. The van der Waals surface area contributed by atoms with E-state index >= 15 is 0 Å². The molecular formula is C16H25NO. The van der Waals surface area contributed by atoms with Crippen LogP contribution in [0.15, 0.2) is 24.3 Å². The average molecular weight is 247 g/mol. The van der Waals surface area contributed by atoms with Crippen molar-refractivity contribution in [3.05, 3.63) is 29.8 Å². The molecular weight excluding hydrogens is 222 g/mol. The Balaban J connectivity index is 1.74. The van der Waals surface area contributed by atoms with E-state index in [0.29, 0.717) is 12.1 Å². The number of aryl methyl sites for hydroxylation is 1. The number of unbranched alkanes of at least 4 members (excludes halogenated alkanes) is 1. The molecule has 0 radical (unpaired) electrons. The normalized spacial score (nSPS) is 22.6. The fourth-order valence-electron chi connectivity index (χ4n) is 2.43. The van der Waals surface area contributed by atoms with E-state index in [0.717, 1.165) is 25.1 Å². The van der Waals surface area contributed by atoms with Gasteiger partial charge in [-0.15, -0.1) is 0 Å². The van der Waals surface area contributed by atoms with Crippen molar-refractivity contribution in [2.45, 2.75) is 58.1 Å². The SMILES string of the molecule is CCCCc1ccc(OC2CC(NCC)C2)cc1. The largest absolute Gasteiger partial charge is 0.490 e. The highest BCUT2D eigenvalue weighted by molar-refractivity contribution is 5.27. The van der Waals surface area contributed by atoms with Gasteiger partial charge < -0.3 is 10.1 Å². The Bertz CT molecular complexity index is 341. The second-order valence-corrected chi connectivity index (χ2v) is 5.21. The first-order chi connectivity index (χ1) is 8.81. The standard InChI is InChI=1S/C16H25NO/c1-3-5-6-13-7-9-15(10-8-13)18-16-11-14(12-16)17-4-2/h7-10,14,16-17H,3-6,11-12H2,1-2H3. The molecule has 0 amide bonds. The molecule has 2 nitrogen and oxygen atoms in total. The van der Waals surface area contributed by atoms with Crippen molar-refractivity contribution in [3.63, 3.8) is 0 Å².